The topological polar surface area (TPSA) is 50.8 Å². The molecular formula is C15H20N2O3. The highest BCUT2D eigenvalue weighted by molar-refractivity contribution is 5.81. The molecule has 0 aliphatic carbocycles. The van der Waals surface area contributed by atoms with Crippen LogP contribution in [0.4, 0.5) is 0 Å². The van der Waals surface area contributed by atoms with E-state index >= 15 is 0 Å². The zero-order chi connectivity index (χ0) is 13.9. The van der Waals surface area contributed by atoms with Gasteiger partial charge in [0.15, 0.2) is 0 Å². The van der Waals surface area contributed by atoms with Gasteiger partial charge in [0.25, 0.3) is 0 Å². The zero-order valence-corrected chi connectivity index (χ0v) is 11.7. The highest BCUT2D eigenvalue weighted by Crippen LogP contribution is 2.29. The van der Waals surface area contributed by atoms with E-state index in [1.807, 2.05) is 29.2 Å². The minimum atomic E-state index is -0.0555. The molecule has 2 aliphatic rings. The van der Waals surface area contributed by atoms with Gasteiger partial charge in [0.05, 0.1) is 26.3 Å². The quantitative estimate of drug-likeness (QED) is 0.904. The van der Waals surface area contributed by atoms with Crippen LogP contribution < -0.4 is 10.1 Å². The maximum atomic E-state index is 12.2. The first kappa shape index (κ1) is 13.4. The molecule has 0 bridgehead atoms. The largest absolute Gasteiger partial charge is 0.497 e. The lowest BCUT2D eigenvalue weighted by molar-refractivity contribution is -0.133. The van der Waals surface area contributed by atoms with Crippen LogP contribution >= 0.6 is 0 Å². The summed E-state index contributed by atoms with van der Waals surface area (Å²) in [5, 5.41) is 3.29. The Hall–Kier alpha value is -1.59. The molecule has 1 amide bonds. The molecule has 1 N–H and O–H groups in total. The van der Waals surface area contributed by atoms with E-state index < -0.39 is 0 Å². The SMILES string of the molecule is COc1ccc(C2NCC(=O)N2C2CCCOC2)cc1. The number of benzene rings is 1. The maximum Gasteiger partial charge on any atom is 0.238 e. The molecule has 5 nitrogen and oxygen atoms in total. The van der Waals surface area contributed by atoms with Crippen LogP contribution in [0.25, 0.3) is 0 Å². The number of nitrogens with one attached hydrogen (secondary N) is 1. The third-order valence-corrected chi connectivity index (χ3v) is 3.97. The molecule has 0 aromatic heterocycles. The van der Waals surface area contributed by atoms with Gasteiger partial charge < -0.3 is 14.4 Å². The fourth-order valence-corrected chi connectivity index (χ4v) is 2.94. The monoisotopic (exact) mass is 276 g/mol. The second kappa shape index (κ2) is 5.81. The number of ether oxygens (including phenoxy) is 2. The fraction of sp³-hybridized carbons (Fsp3) is 0.533. The Morgan fingerprint density at radius 3 is 2.80 bits per heavy atom. The van der Waals surface area contributed by atoms with Crippen molar-refractivity contribution < 1.29 is 14.3 Å². The Bertz CT molecular complexity index is 469. The van der Waals surface area contributed by atoms with Gasteiger partial charge in [-0.25, -0.2) is 0 Å². The summed E-state index contributed by atoms with van der Waals surface area (Å²) in [6.45, 7) is 1.84. The standard InChI is InChI=1S/C15H20N2O3/c1-19-13-6-4-11(5-7-13)15-16-9-14(18)17(15)12-3-2-8-20-10-12/h4-7,12,15-16H,2-3,8-10H2,1H3. The van der Waals surface area contributed by atoms with Crippen molar-refractivity contribution in [2.45, 2.75) is 25.0 Å². The molecule has 20 heavy (non-hydrogen) atoms. The first-order valence-electron chi connectivity index (χ1n) is 7.06. The third kappa shape index (κ3) is 2.51. The Morgan fingerprint density at radius 1 is 1.35 bits per heavy atom. The predicted octanol–water partition coefficient (Wildman–Crippen LogP) is 1.30. The van der Waals surface area contributed by atoms with Crippen LogP contribution in [-0.4, -0.2) is 43.7 Å². The fourth-order valence-electron chi connectivity index (χ4n) is 2.94. The molecule has 2 fully saturated rings. The molecule has 1 aromatic carbocycles. The predicted molar refractivity (Wildman–Crippen MR) is 74.4 cm³/mol. The summed E-state index contributed by atoms with van der Waals surface area (Å²) >= 11 is 0. The first-order chi connectivity index (χ1) is 9.79. The summed E-state index contributed by atoms with van der Waals surface area (Å²) in [4.78, 5) is 14.1. The van der Waals surface area contributed by atoms with Gasteiger partial charge >= 0.3 is 0 Å². The van der Waals surface area contributed by atoms with Crippen LogP contribution in [0, 0.1) is 0 Å². The summed E-state index contributed by atoms with van der Waals surface area (Å²) in [7, 11) is 1.65. The summed E-state index contributed by atoms with van der Waals surface area (Å²) in [5.41, 5.74) is 1.09. The Balaban J connectivity index is 1.80. The van der Waals surface area contributed by atoms with Gasteiger partial charge in [-0.05, 0) is 30.5 Å². The molecule has 2 atom stereocenters. The molecule has 2 aliphatic heterocycles. The number of methoxy groups -OCH3 is 1. The Morgan fingerprint density at radius 2 is 2.15 bits per heavy atom. The van der Waals surface area contributed by atoms with E-state index in [-0.39, 0.29) is 18.1 Å². The van der Waals surface area contributed by atoms with E-state index in [2.05, 4.69) is 5.32 Å². The molecule has 2 heterocycles. The Kier molecular flexibility index (Phi) is 3.89. The first-order valence-corrected chi connectivity index (χ1v) is 7.06. The number of rotatable bonds is 3. The molecule has 2 unspecified atom stereocenters. The van der Waals surface area contributed by atoms with Crippen molar-refractivity contribution in [1.82, 2.24) is 10.2 Å². The van der Waals surface area contributed by atoms with Gasteiger partial charge in [0, 0.05) is 6.61 Å². The van der Waals surface area contributed by atoms with Crippen molar-refractivity contribution in [3.63, 3.8) is 0 Å². The van der Waals surface area contributed by atoms with Crippen LogP contribution in [0.15, 0.2) is 24.3 Å². The van der Waals surface area contributed by atoms with Crippen LogP contribution in [0.3, 0.4) is 0 Å². The minimum Gasteiger partial charge on any atom is -0.497 e. The van der Waals surface area contributed by atoms with Gasteiger partial charge in [0.2, 0.25) is 5.91 Å². The number of nitrogens with zero attached hydrogens (tertiary/aromatic N) is 1. The number of hydrogen-bond acceptors (Lipinski definition) is 4. The van der Waals surface area contributed by atoms with E-state index in [1.54, 1.807) is 7.11 Å². The van der Waals surface area contributed by atoms with Crippen molar-refractivity contribution in [3.05, 3.63) is 29.8 Å². The van der Waals surface area contributed by atoms with Crippen molar-refractivity contribution in [1.29, 1.82) is 0 Å². The summed E-state index contributed by atoms with van der Waals surface area (Å²) in [6.07, 6.45) is 1.98. The van der Waals surface area contributed by atoms with Crippen molar-refractivity contribution in [3.8, 4) is 5.75 Å². The van der Waals surface area contributed by atoms with Gasteiger partial charge in [-0.1, -0.05) is 12.1 Å². The van der Waals surface area contributed by atoms with Crippen molar-refractivity contribution in [2.75, 3.05) is 26.9 Å². The van der Waals surface area contributed by atoms with Crippen LogP contribution in [0.2, 0.25) is 0 Å². The number of carbonyl (C=O) groups is 1. The molecule has 0 spiro atoms. The van der Waals surface area contributed by atoms with E-state index in [1.165, 1.54) is 0 Å². The van der Waals surface area contributed by atoms with E-state index in [9.17, 15) is 4.79 Å². The third-order valence-electron chi connectivity index (χ3n) is 3.97. The highest BCUT2D eigenvalue weighted by atomic mass is 16.5. The smallest absolute Gasteiger partial charge is 0.238 e. The van der Waals surface area contributed by atoms with Gasteiger partial charge in [-0.3, -0.25) is 10.1 Å². The summed E-state index contributed by atoms with van der Waals surface area (Å²) < 4.78 is 10.7. The van der Waals surface area contributed by atoms with Gasteiger partial charge in [-0.15, -0.1) is 0 Å². The lowest BCUT2D eigenvalue weighted by Gasteiger charge is -2.35. The maximum absolute atomic E-state index is 12.2. The lowest BCUT2D eigenvalue weighted by atomic mass is 10.1. The molecule has 2 saturated heterocycles. The Labute approximate surface area is 118 Å². The molecule has 3 rings (SSSR count). The van der Waals surface area contributed by atoms with Gasteiger partial charge in [-0.2, -0.15) is 0 Å². The molecular weight excluding hydrogens is 256 g/mol. The van der Waals surface area contributed by atoms with Crippen molar-refractivity contribution in [2.24, 2.45) is 0 Å². The molecule has 1 aromatic rings. The second-order valence-corrected chi connectivity index (χ2v) is 5.23. The average molecular weight is 276 g/mol. The van der Waals surface area contributed by atoms with E-state index in [0.29, 0.717) is 13.2 Å². The zero-order valence-electron chi connectivity index (χ0n) is 11.7. The van der Waals surface area contributed by atoms with E-state index in [0.717, 1.165) is 30.8 Å². The number of hydrogen-bond donors (Lipinski definition) is 1. The summed E-state index contributed by atoms with van der Waals surface area (Å²) in [6, 6.07) is 8.04. The summed E-state index contributed by atoms with van der Waals surface area (Å²) in [5.74, 6) is 0.979. The van der Waals surface area contributed by atoms with Crippen LogP contribution in [0.5, 0.6) is 5.75 Å². The average Bonchev–Trinajstić information content (AvgIpc) is 2.90. The number of amides is 1. The van der Waals surface area contributed by atoms with Crippen molar-refractivity contribution >= 4 is 5.91 Å². The molecule has 108 valence electrons. The van der Waals surface area contributed by atoms with Gasteiger partial charge in [0.1, 0.15) is 11.9 Å². The highest BCUT2D eigenvalue weighted by Gasteiger charge is 2.37. The molecule has 0 saturated carbocycles. The molecule has 0 radical (unpaired) electrons. The van der Waals surface area contributed by atoms with E-state index in [4.69, 9.17) is 9.47 Å². The second-order valence-electron chi connectivity index (χ2n) is 5.23. The van der Waals surface area contributed by atoms with Crippen LogP contribution in [0.1, 0.15) is 24.6 Å². The minimum absolute atomic E-state index is 0.0555. The molecule has 5 heteroatoms. The number of carbonyl (C=O) groups excluding carboxylic acids is 1. The van der Waals surface area contributed by atoms with Crippen LogP contribution in [-0.2, 0) is 9.53 Å². The lowest BCUT2D eigenvalue weighted by Crippen LogP contribution is -2.44. The normalized spacial score (nSPS) is 26.9.